The Morgan fingerprint density at radius 3 is 2.44 bits per heavy atom. The van der Waals surface area contributed by atoms with Crippen molar-refractivity contribution in [2.75, 3.05) is 7.11 Å². The fraction of sp³-hybridized carbons (Fsp3) is 0.333. The molecule has 2 aromatic carbocycles. The van der Waals surface area contributed by atoms with Crippen LogP contribution in [0.1, 0.15) is 36.2 Å². The van der Waals surface area contributed by atoms with E-state index in [1.54, 1.807) is 0 Å². The summed E-state index contributed by atoms with van der Waals surface area (Å²) in [6.07, 6.45) is 0.551. The van der Waals surface area contributed by atoms with Gasteiger partial charge in [-0.2, -0.15) is 0 Å². The second-order valence-corrected chi connectivity index (χ2v) is 6.33. The number of rotatable bonds is 8. The maximum Gasteiger partial charge on any atom is 0.341 e. The van der Waals surface area contributed by atoms with E-state index >= 15 is 0 Å². The SMILES string of the molecule is COc1ccc(C(=O)O[C@H](C)C(=O)N[C@H](C)CCc2ccccc2)c(F)c1. The molecule has 0 heterocycles. The quantitative estimate of drug-likeness (QED) is 0.719. The Balaban J connectivity index is 1.84. The van der Waals surface area contributed by atoms with Crippen LogP contribution in [0.2, 0.25) is 0 Å². The van der Waals surface area contributed by atoms with Crippen LogP contribution in [0.5, 0.6) is 5.75 Å². The van der Waals surface area contributed by atoms with Gasteiger partial charge < -0.3 is 14.8 Å². The molecule has 6 heteroatoms. The lowest BCUT2D eigenvalue weighted by atomic mass is 10.1. The third kappa shape index (κ3) is 6.09. The van der Waals surface area contributed by atoms with Crippen molar-refractivity contribution in [3.63, 3.8) is 0 Å². The van der Waals surface area contributed by atoms with Crippen molar-refractivity contribution < 1.29 is 23.5 Å². The Labute approximate surface area is 158 Å². The first-order valence-electron chi connectivity index (χ1n) is 8.79. The molecule has 2 aromatic rings. The third-order valence-electron chi connectivity index (χ3n) is 4.15. The topological polar surface area (TPSA) is 64.6 Å². The molecule has 0 aromatic heterocycles. The van der Waals surface area contributed by atoms with Gasteiger partial charge in [-0.05, 0) is 44.4 Å². The highest BCUT2D eigenvalue weighted by molar-refractivity contribution is 5.92. The van der Waals surface area contributed by atoms with E-state index in [1.807, 2.05) is 37.3 Å². The monoisotopic (exact) mass is 373 g/mol. The summed E-state index contributed by atoms with van der Waals surface area (Å²) in [7, 11) is 1.40. The summed E-state index contributed by atoms with van der Waals surface area (Å²) in [6, 6.07) is 13.7. The van der Waals surface area contributed by atoms with Gasteiger partial charge in [0, 0.05) is 12.1 Å². The van der Waals surface area contributed by atoms with Crippen LogP contribution in [0.3, 0.4) is 0 Å². The lowest BCUT2D eigenvalue weighted by Crippen LogP contribution is -2.41. The molecule has 144 valence electrons. The molecule has 0 aliphatic heterocycles. The average molecular weight is 373 g/mol. The minimum absolute atomic E-state index is 0.0865. The largest absolute Gasteiger partial charge is 0.497 e. The Hall–Kier alpha value is -2.89. The number of nitrogens with one attached hydrogen (secondary N) is 1. The minimum atomic E-state index is -1.03. The van der Waals surface area contributed by atoms with Crippen molar-refractivity contribution >= 4 is 11.9 Å². The number of esters is 1. The van der Waals surface area contributed by atoms with Gasteiger partial charge in [0.2, 0.25) is 0 Å². The molecule has 2 atom stereocenters. The van der Waals surface area contributed by atoms with Gasteiger partial charge in [-0.15, -0.1) is 0 Å². The second kappa shape index (κ2) is 9.71. The molecule has 1 amide bonds. The number of ether oxygens (including phenoxy) is 2. The number of carbonyl (C=O) groups is 2. The Bertz CT molecular complexity index is 779. The van der Waals surface area contributed by atoms with Crippen molar-refractivity contribution in [2.24, 2.45) is 0 Å². The van der Waals surface area contributed by atoms with Gasteiger partial charge in [-0.3, -0.25) is 4.79 Å². The lowest BCUT2D eigenvalue weighted by molar-refractivity contribution is -0.129. The highest BCUT2D eigenvalue weighted by Gasteiger charge is 2.22. The van der Waals surface area contributed by atoms with Crippen molar-refractivity contribution in [2.45, 2.75) is 38.8 Å². The van der Waals surface area contributed by atoms with Gasteiger partial charge in [-0.25, -0.2) is 9.18 Å². The van der Waals surface area contributed by atoms with Crippen molar-refractivity contribution in [3.05, 3.63) is 65.5 Å². The van der Waals surface area contributed by atoms with Gasteiger partial charge in [-0.1, -0.05) is 30.3 Å². The molecule has 0 radical (unpaired) electrons. The van der Waals surface area contributed by atoms with Gasteiger partial charge in [0.25, 0.3) is 5.91 Å². The number of benzene rings is 2. The molecular weight excluding hydrogens is 349 g/mol. The zero-order valence-electron chi connectivity index (χ0n) is 15.7. The molecule has 0 spiro atoms. The zero-order valence-corrected chi connectivity index (χ0v) is 15.7. The van der Waals surface area contributed by atoms with Crippen molar-refractivity contribution in [1.29, 1.82) is 0 Å². The van der Waals surface area contributed by atoms with E-state index in [0.29, 0.717) is 5.75 Å². The van der Waals surface area contributed by atoms with Gasteiger partial charge in [0.15, 0.2) is 6.10 Å². The molecule has 0 aliphatic rings. The summed E-state index contributed by atoms with van der Waals surface area (Å²) >= 11 is 0. The molecule has 0 unspecified atom stereocenters. The lowest BCUT2D eigenvalue weighted by Gasteiger charge is -2.18. The van der Waals surface area contributed by atoms with Gasteiger partial charge in [0.05, 0.1) is 12.7 Å². The van der Waals surface area contributed by atoms with E-state index in [4.69, 9.17) is 9.47 Å². The van der Waals surface area contributed by atoms with Crippen LogP contribution in [-0.2, 0) is 16.0 Å². The molecule has 0 fully saturated rings. The molecule has 27 heavy (non-hydrogen) atoms. The number of aryl methyl sites for hydroxylation is 1. The Morgan fingerprint density at radius 2 is 1.81 bits per heavy atom. The summed E-state index contributed by atoms with van der Waals surface area (Å²) in [5.41, 5.74) is 0.945. The summed E-state index contributed by atoms with van der Waals surface area (Å²) in [5, 5.41) is 2.81. The third-order valence-corrected chi connectivity index (χ3v) is 4.15. The summed E-state index contributed by atoms with van der Waals surface area (Å²) in [4.78, 5) is 24.3. The van der Waals surface area contributed by atoms with Crippen LogP contribution in [-0.4, -0.2) is 31.1 Å². The molecule has 5 nitrogen and oxygen atoms in total. The van der Waals surface area contributed by atoms with Crippen LogP contribution in [0.25, 0.3) is 0 Å². The number of carbonyl (C=O) groups excluding carboxylic acids is 2. The van der Waals surface area contributed by atoms with E-state index in [9.17, 15) is 14.0 Å². The minimum Gasteiger partial charge on any atom is -0.497 e. The van der Waals surface area contributed by atoms with E-state index in [1.165, 1.54) is 31.7 Å². The first-order chi connectivity index (χ1) is 12.9. The number of methoxy groups -OCH3 is 1. The smallest absolute Gasteiger partial charge is 0.341 e. The maximum absolute atomic E-state index is 13.9. The Kier molecular flexibility index (Phi) is 7.34. The van der Waals surface area contributed by atoms with E-state index < -0.39 is 23.8 Å². The summed E-state index contributed by atoms with van der Waals surface area (Å²) in [5.74, 6) is -1.78. The molecular formula is C21H24FNO4. The maximum atomic E-state index is 13.9. The zero-order chi connectivity index (χ0) is 19.8. The van der Waals surface area contributed by atoms with Gasteiger partial charge >= 0.3 is 5.97 Å². The first kappa shape index (κ1) is 20.4. The number of hydrogen-bond donors (Lipinski definition) is 1. The fourth-order valence-corrected chi connectivity index (χ4v) is 2.53. The first-order valence-corrected chi connectivity index (χ1v) is 8.79. The normalized spacial score (nSPS) is 12.7. The predicted octanol–water partition coefficient (Wildman–Crippen LogP) is 3.52. The Morgan fingerprint density at radius 1 is 1.11 bits per heavy atom. The molecule has 0 saturated carbocycles. The van der Waals surface area contributed by atoms with Crippen LogP contribution in [0.4, 0.5) is 4.39 Å². The number of halogens is 1. The van der Waals surface area contributed by atoms with Crippen molar-refractivity contribution in [1.82, 2.24) is 5.32 Å². The van der Waals surface area contributed by atoms with E-state index in [2.05, 4.69) is 5.32 Å². The summed E-state index contributed by atoms with van der Waals surface area (Å²) in [6.45, 7) is 3.34. The number of amides is 1. The number of hydrogen-bond acceptors (Lipinski definition) is 4. The predicted molar refractivity (Wildman–Crippen MR) is 100 cm³/mol. The molecule has 0 bridgehead atoms. The van der Waals surface area contributed by atoms with Crippen LogP contribution < -0.4 is 10.1 Å². The van der Waals surface area contributed by atoms with Crippen LogP contribution >= 0.6 is 0 Å². The fourth-order valence-electron chi connectivity index (χ4n) is 2.53. The van der Waals surface area contributed by atoms with E-state index in [-0.39, 0.29) is 11.6 Å². The summed E-state index contributed by atoms with van der Waals surface area (Å²) < 4.78 is 23.9. The van der Waals surface area contributed by atoms with E-state index in [0.717, 1.165) is 18.9 Å². The molecule has 0 aliphatic carbocycles. The van der Waals surface area contributed by atoms with Crippen LogP contribution in [0.15, 0.2) is 48.5 Å². The highest BCUT2D eigenvalue weighted by atomic mass is 19.1. The molecule has 1 N–H and O–H groups in total. The average Bonchev–Trinajstić information content (AvgIpc) is 2.66. The second-order valence-electron chi connectivity index (χ2n) is 6.33. The van der Waals surface area contributed by atoms with Crippen LogP contribution in [0, 0.1) is 5.82 Å². The molecule has 0 saturated heterocycles. The van der Waals surface area contributed by atoms with Crippen molar-refractivity contribution in [3.8, 4) is 5.75 Å². The standard InChI is InChI=1S/C21H24FNO4/c1-14(9-10-16-7-5-4-6-8-16)23-20(24)15(2)27-21(25)18-12-11-17(26-3)13-19(18)22/h4-8,11-15H,9-10H2,1-3H3,(H,23,24)/t14-,15-/m1/s1. The highest BCUT2D eigenvalue weighted by Crippen LogP contribution is 2.17. The van der Waals surface area contributed by atoms with Gasteiger partial charge in [0.1, 0.15) is 11.6 Å². The molecule has 2 rings (SSSR count).